The summed E-state index contributed by atoms with van der Waals surface area (Å²) >= 11 is 4.93. The van der Waals surface area contributed by atoms with Gasteiger partial charge in [0.05, 0.1) is 6.54 Å². The molecule has 100 valence electrons. The molecule has 2 rings (SSSR count). The summed E-state index contributed by atoms with van der Waals surface area (Å²) in [5, 5.41) is 8.48. The second kappa shape index (κ2) is 6.16. The number of rotatable bonds is 3. The van der Waals surface area contributed by atoms with Gasteiger partial charge in [0.25, 0.3) is 0 Å². The van der Waals surface area contributed by atoms with Gasteiger partial charge >= 0.3 is 6.03 Å². The molecule has 2 aromatic rings. The van der Waals surface area contributed by atoms with Crippen molar-refractivity contribution in [2.45, 2.75) is 20.4 Å². The lowest BCUT2D eigenvalue weighted by molar-refractivity contribution is 0.251. The van der Waals surface area contributed by atoms with Gasteiger partial charge in [0.1, 0.15) is 5.01 Å². The lowest BCUT2D eigenvalue weighted by Gasteiger charge is -2.09. The number of halogens is 1. The zero-order valence-corrected chi connectivity index (χ0v) is 13.1. The van der Waals surface area contributed by atoms with E-state index in [2.05, 4.69) is 31.5 Å². The quantitative estimate of drug-likeness (QED) is 0.892. The van der Waals surface area contributed by atoms with Crippen molar-refractivity contribution in [2.75, 3.05) is 5.32 Å². The Labute approximate surface area is 124 Å². The maximum atomic E-state index is 11.8. The normalized spacial score (nSPS) is 10.3. The minimum absolute atomic E-state index is 0.224. The van der Waals surface area contributed by atoms with Crippen LogP contribution in [0, 0.1) is 13.8 Å². The van der Waals surface area contributed by atoms with E-state index in [9.17, 15) is 4.79 Å². The van der Waals surface area contributed by atoms with Crippen LogP contribution in [0.4, 0.5) is 10.5 Å². The molecular weight excluding hydrogens is 326 g/mol. The number of thiazole rings is 1. The molecule has 1 aromatic heterocycles. The number of nitrogens with one attached hydrogen (secondary N) is 2. The van der Waals surface area contributed by atoms with Crippen molar-refractivity contribution in [1.29, 1.82) is 0 Å². The van der Waals surface area contributed by atoms with Gasteiger partial charge in [-0.05, 0) is 37.6 Å². The second-order valence-electron chi connectivity index (χ2n) is 4.15. The fourth-order valence-electron chi connectivity index (χ4n) is 1.57. The number of carbonyl (C=O) groups excluding carboxylic acids is 1. The number of urea groups is 1. The van der Waals surface area contributed by atoms with Crippen molar-refractivity contribution in [2.24, 2.45) is 0 Å². The molecular formula is C13H14BrN3OS. The first-order chi connectivity index (χ1) is 9.04. The first-order valence-corrected chi connectivity index (χ1v) is 7.44. The number of anilines is 1. The second-order valence-corrected chi connectivity index (χ2v) is 6.01. The van der Waals surface area contributed by atoms with Gasteiger partial charge in [0.15, 0.2) is 0 Å². The molecule has 1 aromatic carbocycles. The molecule has 0 saturated carbocycles. The van der Waals surface area contributed by atoms with Gasteiger partial charge in [-0.15, -0.1) is 11.3 Å². The number of amides is 2. The Morgan fingerprint density at radius 3 is 2.84 bits per heavy atom. The van der Waals surface area contributed by atoms with Crippen LogP contribution in [0.2, 0.25) is 0 Å². The Bertz CT molecular complexity index is 597. The van der Waals surface area contributed by atoms with Gasteiger partial charge in [0.2, 0.25) is 0 Å². The molecule has 0 radical (unpaired) electrons. The van der Waals surface area contributed by atoms with Gasteiger partial charge < -0.3 is 10.6 Å². The molecule has 2 amide bonds. The van der Waals surface area contributed by atoms with Gasteiger partial charge in [-0.3, -0.25) is 0 Å². The van der Waals surface area contributed by atoms with Crippen LogP contribution in [-0.4, -0.2) is 11.0 Å². The van der Waals surface area contributed by atoms with E-state index in [1.54, 1.807) is 11.3 Å². The van der Waals surface area contributed by atoms with E-state index in [0.29, 0.717) is 6.54 Å². The largest absolute Gasteiger partial charge is 0.331 e. The van der Waals surface area contributed by atoms with E-state index >= 15 is 0 Å². The topological polar surface area (TPSA) is 54.0 Å². The molecule has 19 heavy (non-hydrogen) atoms. The van der Waals surface area contributed by atoms with Crippen LogP contribution in [0.15, 0.2) is 28.1 Å². The maximum absolute atomic E-state index is 11.8. The van der Waals surface area contributed by atoms with Crippen LogP contribution in [0.25, 0.3) is 0 Å². The molecule has 0 aliphatic heterocycles. The maximum Gasteiger partial charge on any atom is 0.319 e. The third-order valence-electron chi connectivity index (χ3n) is 2.50. The van der Waals surface area contributed by atoms with E-state index in [-0.39, 0.29) is 6.03 Å². The SMILES string of the molecule is Cc1csc(CNC(=O)Nc2ccc(Br)cc2C)n1. The highest BCUT2D eigenvalue weighted by Gasteiger charge is 2.05. The Morgan fingerprint density at radius 1 is 1.42 bits per heavy atom. The van der Waals surface area contributed by atoms with Crippen molar-refractivity contribution in [3.8, 4) is 0 Å². The van der Waals surface area contributed by atoms with Gasteiger partial charge in [-0.1, -0.05) is 15.9 Å². The Hall–Kier alpha value is -1.40. The minimum atomic E-state index is -0.224. The predicted octanol–water partition coefficient (Wildman–Crippen LogP) is 3.84. The molecule has 6 heteroatoms. The van der Waals surface area contributed by atoms with Gasteiger partial charge in [0, 0.05) is 21.2 Å². The monoisotopic (exact) mass is 339 g/mol. The number of aromatic nitrogens is 1. The molecule has 0 aliphatic rings. The fraction of sp³-hybridized carbons (Fsp3) is 0.231. The smallest absolute Gasteiger partial charge is 0.319 e. The van der Waals surface area contributed by atoms with Crippen LogP contribution in [0.1, 0.15) is 16.3 Å². The molecule has 0 unspecified atom stereocenters. The molecule has 1 heterocycles. The molecule has 0 aliphatic carbocycles. The van der Waals surface area contributed by atoms with Crippen LogP contribution in [0.3, 0.4) is 0 Å². The zero-order valence-electron chi connectivity index (χ0n) is 10.7. The number of hydrogen-bond acceptors (Lipinski definition) is 3. The highest BCUT2D eigenvalue weighted by molar-refractivity contribution is 9.10. The first-order valence-electron chi connectivity index (χ1n) is 5.76. The Kier molecular flexibility index (Phi) is 4.55. The summed E-state index contributed by atoms with van der Waals surface area (Å²) in [6.45, 7) is 4.33. The van der Waals surface area contributed by atoms with Crippen LogP contribution >= 0.6 is 27.3 Å². The van der Waals surface area contributed by atoms with Crippen molar-refractivity contribution in [3.05, 3.63) is 44.3 Å². The highest BCUT2D eigenvalue weighted by Crippen LogP contribution is 2.19. The molecule has 0 fully saturated rings. The standard InChI is InChI=1S/C13H14BrN3OS/c1-8-5-10(14)3-4-11(8)17-13(18)15-6-12-16-9(2)7-19-12/h3-5,7H,6H2,1-2H3,(H2,15,17,18). The number of carbonyl (C=O) groups is 1. The molecule has 0 saturated heterocycles. The van der Waals surface area contributed by atoms with Crippen LogP contribution in [0.5, 0.6) is 0 Å². The zero-order chi connectivity index (χ0) is 13.8. The van der Waals surface area contributed by atoms with E-state index < -0.39 is 0 Å². The van der Waals surface area contributed by atoms with E-state index in [4.69, 9.17) is 0 Å². The summed E-state index contributed by atoms with van der Waals surface area (Å²) in [6.07, 6.45) is 0. The summed E-state index contributed by atoms with van der Waals surface area (Å²) in [4.78, 5) is 16.1. The summed E-state index contributed by atoms with van der Waals surface area (Å²) in [5.41, 5.74) is 2.79. The lowest BCUT2D eigenvalue weighted by atomic mass is 10.2. The van der Waals surface area contributed by atoms with Crippen molar-refractivity contribution < 1.29 is 4.79 Å². The van der Waals surface area contributed by atoms with Gasteiger partial charge in [-0.25, -0.2) is 9.78 Å². The number of hydrogen-bond donors (Lipinski definition) is 2. The molecule has 0 spiro atoms. The third-order valence-corrected chi connectivity index (χ3v) is 3.96. The summed E-state index contributed by atoms with van der Waals surface area (Å²) in [7, 11) is 0. The van der Waals surface area contributed by atoms with Crippen molar-refractivity contribution in [3.63, 3.8) is 0 Å². The van der Waals surface area contributed by atoms with Crippen LogP contribution in [-0.2, 0) is 6.54 Å². The molecule has 2 N–H and O–H groups in total. The number of nitrogens with zero attached hydrogens (tertiary/aromatic N) is 1. The van der Waals surface area contributed by atoms with Crippen molar-refractivity contribution >= 4 is 39.0 Å². The highest BCUT2D eigenvalue weighted by atomic mass is 79.9. The average molecular weight is 340 g/mol. The Balaban J connectivity index is 1.90. The molecule has 0 bridgehead atoms. The number of benzene rings is 1. The summed E-state index contributed by atoms with van der Waals surface area (Å²) in [6, 6.07) is 5.50. The molecule has 0 atom stereocenters. The minimum Gasteiger partial charge on any atom is -0.331 e. The molecule has 4 nitrogen and oxygen atoms in total. The summed E-state index contributed by atoms with van der Waals surface area (Å²) < 4.78 is 0.995. The third kappa shape index (κ3) is 4.04. The summed E-state index contributed by atoms with van der Waals surface area (Å²) in [5.74, 6) is 0. The predicted molar refractivity (Wildman–Crippen MR) is 81.6 cm³/mol. The Morgan fingerprint density at radius 2 is 2.21 bits per heavy atom. The van der Waals surface area contributed by atoms with Crippen molar-refractivity contribution in [1.82, 2.24) is 10.3 Å². The van der Waals surface area contributed by atoms with E-state index in [1.165, 1.54) is 0 Å². The van der Waals surface area contributed by atoms with Gasteiger partial charge in [-0.2, -0.15) is 0 Å². The fourth-order valence-corrected chi connectivity index (χ4v) is 2.76. The lowest BCUT2D eigenvalue weighted by Crippen LogP contribution is -2.28. The average Bonchev–Trinajstić information content (AvgIpc) is 2.76. The van der Waals surface area contributed by atoms with E-state index in [0.717, 1.165) is 26.4 Å². The first kappa shape index (κ1) is 14.0. The van der Waals surface area contributed by atoms with Crippen LogP contribution < -0.4 is 10.6 Å². The number of aryl methyl sites for hydroxylation is 2. The van der Waals surface area contributed by atoms with E-state index in [1.807, 2.05) is 37.4 Å².